The largest absolute Gasteiger partial charge is 0.462 e. The van der Waals surface area contributed by atoms with E-state index in [9.17, 15) is 14.4 Å². The van der Waals surface area contributed by atoms with Crippen molar-refractivity contribution >= 4 is 17.9 Å². The van der Waals surface area contributed by atoms with Gasteiger partial charge in [0.1, 0.15) is 13.2 Å². The number of rotatable bonds is 53. The maximum atomic E-state index is 12.8. The van der Waals surface area contributed by atoms with E-state index in [1.807, 2.05) is 0 Å². The van der Waals surface area contributed by atoms with Crippen LogP contribution in [0.2, 0.25) is 0 Å². The van der Waals surface area contributed by atoms with E-state index in [0.717, 1.165) is 69.6 Å². The monoisotopic (exact) mass is 919 g/mol. The summed E-state index contributed by atoms with van der Waals surface area (Å²) in [6.45, 7) is 11.4. The molecule has 0 aromatic rings. The molecule has 0 saturated heterocycles. The third-order valence-corrected chi connectivity index (χ3v) is 13.5. The van der Waals surface area contributed by atoms with Gasteiger partial charge in [0.25, 0.3) is 0 Å². The van der Waals surface area contributed by atoms with Crippen molar-refractivity contribution in [1.82, 2.24) is 0 Å². The van der Waals surface area contributed by atoms with Gasteiger partial charge >= 0.3 is 17.9 Å². The van der Waals surface area contributed by atoms with Crippen molar-refractivity contribution in [3.8, 4) is 0 Å². The second-order valence-corrected chi connectivity index (χ2v) is 21.2. The van der Waals surface area contributed by atoms with Crippen LogP contribution in [0.3, 0.4) is 0 Å². The molecule has 0 radical (unpaired) electrons. The van der Waals surface area contributed by atoms with Gasteiger partial charge in [-0.25, -0.2) is 0 Å². The zero-order valence-electron chi connectivity index (χ0n) is 44.6. The number of carbonyl (C=O) groups is 3. The van der Waals surface area contributed by atoms with E-state index < -0.39 is 6.10 Å². The summed E-state index contributed by atoms with van der Waals surface area (Å²) in [5, 5.41) is 0. The molecule has 0 aliphatic carbocycles. The molecule has 0 saturated carbocycles. The van der Waals surface area contributed by atoms with Crippen LogP contribution in [0.25, 0.3) is 0 Å². The van der Waals surface area contributed by atoms with E-state index in [2.05, 4.69) is 34.6 Å². The van der Waals surface area contributed by atoms with Gasteiger partial charge in [-0.05, 0) is 31.1 Å². The Balaban J connectivity index is 4.18. The highest BCUT2D eigenvalue weighted by Gasteiger charge is 2.19. The minimum atomic E-state index is -0.762. The van der Waals surface area contributed by atoms with Crippen LogP contribution in [-0.2, 0) is 28.6 Å². The van der Waals surface area contributed by atoms with E-state index in [1.54, 1.807) is 0 Å². The summed E-state index contributed by atoms with van der Waals surface area (Å²) in [4.78, 5) is 38.1. The predicted octanol–water partition coefficient (Wildman–Crippen LogP) is 19.3. The molecule has 0 spiro atoms. The van der Waals surface area contributed by atoms with Crippen LogP contribution in [0, 0.1) is 11.8 Å². The first kappa shape index (κ1) is 63.4. The molecule has 0 fully saturated rings. The van der Waals surface area contributed by atoms with E-state index in [4.69, 9.17) is 14.2 Å². The van der Waals surface area contributed by atoms with Crippen molar-refractivity contribution in [2.24, 2.45) is 11.8 Å². The average molecular weight is 920 g/mol. The van der Waals surface area contributed by atoms with Crippen LogP contribution in [-0.4, -0.2) is 37.2 Å². The van der Waals surface area contributed by atoms with Crippen LogP contribution in [0.4, 0.5) is 0 Å². The first-order chi connectivity index (χ1) is 31.7. The maximum Gasteiger partial charge on any atom is 0.306 e. The predicted molar refractivity (Wildman–Crippen MR) is 280 cm³/mol. The van der Waals surface area contributed by atoms with Gasteiger partial charge in [-0.3, -0.25) is 14.4 Å². The first-order valence-electron chi connectivity index (χ1n) is 29.2. The van der Waals surface area contributed by atoms with Gasteiger partial charge in [0.15, 0.2) is 6.10 Å². The second kappa shape index (κ2) is 51.8. The number of esters is 3. The van der Waals surface area contributed by atoms with Crippen molar-refractivity contribution in [1.29, 1.82) is 0 Å². The standard InChI is InChI=1S/C59H114O6/c1-6-7-8-9-10-11-29-36-41-46-51-59(62)65-56(53-64-58(61)50-45-40-35-31-26-22-18-20-24-28-33-38-43-48-55(4)5)52-63-57(60)49-44-39-34-30-25-21-17-15-13-12-14-16-19-23-27-32-37-42-47-54(2)3/h54-56H,6-53H2,1-5H3/t56-/m1/s1. The molecule has 0 bridgehead atoms. The molecule has 0 aromatic carbocycles. The Morgan fingerprint density at radius 3 is 0.754 bits per heavy atom. The smallest absolute Gasteiger partial charge is 0.306 e. The number of hydrogen-bond donors (Lipinski definition) is 0. The lowest BCUT2D eigenvalue weighted by molar-refractivity contribution is -0.167. The molecular formula is C59H114O6. The summed E-state index contributed by atoms with van der Waals surface area (Å²) in [7, 11) is 0. The Hall–Kier alpha value is -1.59. The maximum absolute atomic E-state index is 12.8. The molecule has 65 heavy (non-hydrogen) atoms. The minimum Gasteiger partial charge on any atom is -0.462 e. The number of hydrogen-bond acceptors (Lipinski definition) is 6. The summed E-state index contributed by atoms with van der Waals surface area (Å²) in [6.07, 6.45) is 55.3. The summed E-state index contributed by atoms with van der Waals surface area (Å²) < 4.78 is 16.9. The third-order valence-electron chi connectivity index (χ3n) is 13.5. The fraction of sp³-hybridized carbons (Fsp3) is 0.949. The Labute approximate surface area is 406 Å². The molecule has 6 nitrogen and oxygen atoms in total. The quantitative estimate of drug-likeness (QED) is 0.0344. The molecule has 1 atom stereocenters. The molecule has 0 amide bonds. The zero-order chi connectivity index (χ0) is 47.5. The molecule has 0 N–H and O–H groups in total. The SMILES string of the molecule is CCCCCCCCCCCCC(=O)O[C@H](COC(=O)CCCCCCCCCCCCCCCCCCCCC(C)C)COC(=O)CCCCCCCCCCCCCCCC(C)C. The zero-order valence-corrected chi connectivity index (χ0v) is 44.6. The Bertz CT molecular complexity index is 993. The topological polar surface area (TPSA) is 78.9 Å². The Morgan fingerprint density at radius 2 is 0.508 bits per heavy atom. The van der Waals surface area contributed by atoms with Crippen LogP contribution in [0.5, 0.6) is 0 Å². The molecule has 0 aromatic heterocycles. The van der Waals surface area contributed by atoms with Gasteiger partial charge in [-0.2, -0.15) is 0 Å². The summed E-state index contributed by atoms with van der Waals surface area (Å²) in [5.74, 6) is 0.858. The lowest BCUT2D eigenvalue weighted by Gasteiger charge is -2.18. The molecule has 6 heteroatoms. The van der Waals surface area contributed by atoms with Crippen molar-refractivity contribution in [3.63, 3.8) is 0 Å². The van der Waals surface area contributed by atoms with Crippen molar-refractivity contribution in [2.75, 3.05) is 13.2 Å². The molecule has 0 rings (SSSR count). The van der Waals surface area contributed by atoms with Crippen molar-refractivity contribution < 1.29 is 28.6 Å². The van der Waals surface area contributed by atoms with Gasteiger partial charge in [0, 0.05) is 19.3 Å². The highest BCUT2D eigenvalue weighted by atomic mass is 16.6. The normalized spacial score (nSPS) is 12.0. The molecule has 0 unspecified atom stereocenters. The van der Waals surface area contributed by atoms with Gasteiger partial charge in [0.2, 0.25) is 0 Å². The van der Waals surface area contributed by atoms with Crippen molar-refractivity contribution in [3.05, 3.63) is 0 Å². The van der Waals surface area contributed by atoms with Crippen LogP contribution in [0.15, 0.2) is 0 Å². The number of unbranched alkanes of at least 4 members (excludes halogenated alkanes) is 38. The van der Waals surface area contributed by atoms with Crippen LogP contribution >= 0.6 is 0 Å². The highest BCUT2D eigenvalue weighted by molar-refractivity contribution is 5.71. The fourth-order valence-corrected chi connectivity index (χ4v) is 9.05. The van der Waals surface area contributed by atoms with Gasteiger partial charge in [-0.15, -0.1) is 0 Å². The first-order valence-corrected chi connectivity index (χ1v) is 29.2. The molecule has 386 valence electrons. The average Bonchev–Trinajstić information content (AvgIpc) is 3.28. The van der Waals surface area contributed by atoms with E-state index in [0.29, 0.717) is 19.3 Å². The summed E-state index contributed by atoms with van der Waals surface area (Å²) in [6, 6.07) is 0. The fourth-order valence-electron chi connectivity index (χ4n) is 9.05. The van der Waals surface area contributed by atoms with Crippen molar-refractivity contribution in [2.45, 2.75) is 336 Å². The molecular weight excluding hydrogens is 805 g/mol. The number of carbonyl (C=O) groups excluding carboxylic acids is 3. The van der Waals surface area contributed by atoms with Gasteiger partial charge in [0.05, 0.1) is 0 Å². The second-order valence-electron chi connectivity index (χ2n) is 21.2. The molecule has 0 heterocycles. The Kier molecular flexibility index (Phi) is 50.5. The third kappa shape index (κ3) is 53.2. The van der Waals surface area contributed by atoms with Gasteiger partial charge in [-0.1, -0.05) is 291 Å². The molecule has 0 aliphatic heterocycles. The summed E-state index contributed by atoms with van der Waals surface area (Å²) in [5.41, 5.74) is 0. The van der Waals surface area contributed by atoms with E-state index in [-0.39, 0.29) is 31.1 Å². The van der Waals surface area contributed by atoms with Crippen LogP contribution < -0.4 is 0 Å². The highest BCUT2D eigenvalue weighted by Crippen LogP contribution is 2.18. The Morgan fingerprint density at radius 1 is 0.292 bits per heavy atom. The van der Waals surface area contributed by atoms with E-state index >= 15 is 0 Å². The number of ether oxygens (including phenoxy) is 3. The minimum absolute atomic E-state index is 0.0626. The van der Waals surface area contributed by atoms with Gasteiger partial charge < -0.3 is 14.2 Å². The lowest BCUT2D eigenvalue weighted by Crippen LogP contribution is -2.30. The summed E-state index contributed by atoms with van der Waals surface area (Å²) >= 11 is 0. The van der Waals surface area contributed by atoms with E-state index in [1.165, 1.54) is 218 Å². The lowest BCUT2D eigenvalue weighted by atomic mass is 10.0. The molecule has 0 aliphatic rings. The van der Waals surface area contributed by atoms with Crippen LogP contribution in [0.1, 0.15) is 330 Å².